The lowest BCUT2D eigenvalue weighted by Crippen LogP contribution is -2.65. The van der Waals surface area contributed by atoms with Crippen molar-refractivity contribution in [2.45, 2.75) is 44.6 Å². The van der Waals surface area contributed by atoms with E-state index in [-0.39, 0.29) is 11.7 Å². The first-order valence-electron chi connectivity index (χ1n) is 8.48. The number of rotatable bonds is 5. The van der Waals surface area contributed by atoms with Gasteiger partial charge in [0.15, 0.2) is 0 Å². The van der Waals surface area contributed by atoms with Gasteiger partial charge in [0, 0.05) is 49.9 Å². The molecule has 5 nitrogen and oxygen atoms in total. The minimum atomic E-state index is -0.00352. The van der Waals surface area contributed by atoms with E-state index in [9.17, 15) is 0 Å². The van der Waals surface area contributed by atoms with E-state index < -0.39 is 0 Å². The fraction of sp³-hybridized carbons (Fsp3) is 0.556. The summed E-state index contributed by atoms with van der Waals surface area (Å²) in [5, 5.41) is 0. The van der Waals surface area contributed by atoms with Crippen molar-refractivity contribution in [3.05, 3.63) is 46.2 Å². The molecule has 24 heavy (non-hydrogen) atoms. The molecule has 0 saturated carbocycles. The van der Waals surface area contributed by atoms with Crippen LogP contribution < -0.4 is 0 Å². The second kappa shape index (κ2) is 6.88. The highest BCUT2D eigenvalue weighted by molar-refractivity contribution is 7.09. The summed E-state index contributed by atoms with van der Waals surface area (Å²) in [5.74, 6) is 0. The molecule has 6 heteroatoms. The Morgan fingerprint density at radius 2 is 2.38 bits per heavy atom. The molecule has 0 N–H and O–H groups in total. The summed E-state index contributed by atoms with van der Waals surface area (Å²) in [6, 6.07) is 4.01. The lowest BCUT2D eigenvalue weighted by molar-refractivity contribution is -0.200. The van der Waals surface area contributed by atoms with Crippen LogP contribution in [0.25, 0.3) is 0 Å². The van der Waals surface area contributed by atoms with Crippen LogP contribution in [0.2, 0.25) is 0 Å². The molecule has 2 aliphatic heterocycles. The lowest BCUT2D eigenvalue weighted by Gasteiger charge is -2.53. The fourth-order valence-corrected chi connectivity index (χ4v) is 4.42. The average Bonchev–Trinajstić information content (AvgIpc) is 2.98. The molecule has 2 aromatic heterocycles. The number of aryl methyl sites for hydroxylation is 1. The molecule has 2 fully saturated rings. The third-order valence-corrected chi connectivity index (χ3v) is 5.81. The van der Waals surface area contributed by atoms with Gasteiger partial charge in [-0.25, -0.2) is 4.98 Å². The van der Waals surface area contributed by atoms with Crippen LogP contribution in [0.1, 0.15) is 29.0 Å². The highest BCUT2D eigenvalue weighted by Crippen LogP contribution is 2.36. The van der Waals surface area contributed by atoms with E-state index in [4.69, 9.17) is 9.47 Å². The summed E-state index contributed by atoms with van der Waals surface area (Å²) in [6.45, 7) is 6.50. The quantitative estimate of drug-likeness (QED) is 0.834. The Hall–Kier alpha value is -1.34. The van der Waals surface area contributed by atoms with Gasteiger partial charge in [0.1, 0.15) is 0 Å². The number of nitrogens with zero attached hydrogens (tertiary/aromatic N) is 3. The third kappa shape index (κ3) is 3.52. The van der Waals surface area contributed by atoms with Gasteiger partial charge in [-0.2, -0.15) is 0 Å². The van der Waals surface area contributed by atoms with Gasteiger partial charge in [-0.1, -0.05) is 6.07 Å². The van der Waals surface area contributed by atoms with Crippen LogP contribution in [-0.2, 0) is 22.6 Å². The Morgan fingerprint density at radius 1 is 1.46 bits per heavy atom. The standard InChI is InChI=1S/C18H23N3O2S/c1-14-17(24-13-20-14)9-21-11-18(12-21)7-16(4-6-23-18)22-10-15-3-2-5-19-8-15/h2-3,5,8,13,16H,4,6-7,9-12H2,1H3/t16-/m1/s1. The molecular weight excluding hydrogens is 322 g/mol. The van der Waals surface area contributed by atoms with Crippen molar-refractivity contribution in [3.8, 4) is 0 Å². The fourth-order valence-electron chi connectivity index (χ4n) is 3.60. The van der Waals surface area contributed by atoms with E-state index in [1.807, 2.05) is 17.8 Å². The summed E-state index contributed by atoms with van der Waals surface area (Å²) < 4.78 is 12.2. The second-order valence-electron chi connectivity index (χ2n) is 6.82. The zero-order valence-corrected chi connectivity index (χ0v) is 14.8. The molecule has 0 aliphatic carbocycles. The Kier molecular flexibility index (Phi) is 4.63. The normalized spacial score (nSPS) is 23.3. The van der Waals surface area contributed by atoms with Gasteiger partial charge in [0.25, 0.3) is 0 Å². The van der Waals surface area contributed by atoms with E-state index in [1.54, 1.807) is 17.5 Å². The smallest absolute Gasteiger partial charge is 0.0959 e. The van der Waals surface area contributed by atoms with Crippen LogP contribution in [0.5, 0.6) is 0 Å². The minimum Gasteiger partial charge on any atom is -0.373 e. The van der Waals surface area contributed by atoms with Crippen molar-refractivity contribution >= 4 is 11.3 Å². The van der Waals surface area contributed by atoms with Gasteiger partial charge in [0.05, 0.1) is 29.5 Å². The van der Waals surface area contributed by atoms with E-state index in [0.717, 1.165) is 50.3 Å². The van der Waals surface area contributed by atoms with Gasteiger partial charge in [0.2, 0.25) is 0 Å². The Balaban J connectivity index is 1.27. The molecule has 128 valence electrons. The lowest BCUT2D eigenvalue weighted by atomic mass is 9.84. The molecular formula is C18H23N3O2S. The first kappa shape index (κ1) is 16.1. The number of hydrogen-bond donors (Lipinski definition) is 0. The number of aromatic nitrogens is 2. The van der Waals surface area contributed by atoms with Crippen LogP contribution in [0.3, 0.4) is 0 Å². The summed E-state index contributed by atoms with van der Waals surface area (Å²) in [6.07, 6.45) is 5.92. The molecule has 0 aromatic carbocycles. The summed E-state index contributed by atoms with van der Waals surface area (Å²) in [7, 11) is 0. The highest BCUT2D eigenvalue weighted by atomic mass is 32.1. The third-order valence-electron chi connectivity index (χ3n) is 4.89. The molecule has 2 aliphatic rings. The maximum Gasteiger partial charge on any atom is 0.0959 e. The Labute approximate surface area is 146 Å². The van der Waals surface area contributed by atoms with Crippen LogP contribution in [0.4, 0.5) is 0 Å². The molecule has 4 rings (SSSR count). The highest BCUT2D eigenvalue weighted by Gasteiger charge is 2.47. The molecule has 4 heterocycles. The first-order valence-corrected chi connectivity index (χ1v) is 9.36. The van der Waals surface area contributed by atoms with Gasteiger partial charge in [-0.15, -0.1) is 11.3 Å². The maximum atomic E-state index is 6.12. The molecule has 1 spiro atoms. The van der Waals surface area contributed by atoms with Crippen LogP contribution in [0, 0.1) is 6.92 Å². The molecule has 1 atom stereocenters. The van der Waals surface area contributed by atoms with Crippen molar-refractivity contribution in [1.29, 1.82) is 0 Å². The van der Waals surface area contributed by atoms with E-state index >= 15 is 0 Å². The second-order valence-corrected chi connectivity index (χ2v) is 7.76. The van der Waals surface area contributed by atoms with Crippen LogP contribution in [-0.4, -0.2) is 46.3 Å². The van der Waals surface area contributed by atoms with Crippen molar-refractivity contribution in [2.24, 2.45) is 0 Å². The van der Waals surface area contributed by atoms with Gasteiger partial charge in [-0.05, 0) is 25.0 Å². The molecule has 0 unspecified atom stereocenters. The van der Waals surface area contributed by atoms with Gasteiger partial charge in [-0.3, -0.25) is 9.88 Å². The Bertz CT molecular complexity index is 670. The van der Waals surface area contributed by atoms with E-state index in [2.05, 4.69) is 27.9 Å². The van der Waals surface area contributed by atoms with Crippen LogP contribution >= 0.6 is 11.3 Å². The van der Waals surface area contributed by atoms with Gasteiger partial charge >= 0.3 is 0 Å². The van der Waals surface area contributed by atoms with Gasteiger partial charge < -0.3 is 9.47 Å². The summed E-state index contributed by atoms with van der Waals surface area (Å²) in [5.41, 5.74) is 4.22. The van der Waals surface area contributed by atoms with Crippen molar-refractivity contribution < 1.29 is 9.47 Å². The van der Waals surface area contributed by atoms with Crippen molar-refractivity contribution in [1.82, 2.24) is 14.9 Å². The molecule has 2 aromatic rings. The zero-order chi connectivity index (χ0) is 16.4. The monoisotopic (exact) mass is 345 g/mol. The Morgan fingerprint density at radius 3 is 3.12 bits per heavy atom. The van der Waals surface area contributed by atoms with E-state index in [0.29, 0.717) is 6.61 Å². The predicted molar refractivity (Wildman–Crippen MR) is 92.9 cm³/mol. The SMILES string of the molecule is Cc1ncsc1CN1CC2(C[C@H](OCc3cccnc3)CCO2)C1. The van der Waals surface area contributed by atoms with Crippen molar-refractivity contribution in [3.63, 3.8) is 0 Å². The molecule has 0 bridgehead atoms. The minimum absolute atomic E-state index is 0.00352. The number of pyridine rings is 1. The largest absolute Gasteiger partial charge is 0.373 e. The number of ether oxygens (including phenoxy) is 2. The van der Waals surface area contributed by atoms with Crippen molar-refractivity contribution in [2.75, 3.05) is 19.7 Å². The first-order chi connectivity index (χ1) is 11.7. The summed E-state index contributed by atoms with van der Waals surface area (Å²) in [4.78, 5) is 12.3. The molecule has 2 saturated heterocycles. The summed E-state index contributed by atoms with van der Waals surface area (Å²) >= 11 is 1.74. The zero-order valence-electron chi connectivity index (χ0n) is 14.0. The molecule has 0 radical (unpaired) electrons. The molecule has 0 amide bonds. The number of likely N-dealkylation sites (tertiary alicyclic amines) is 1. The van der Waals surface area contributed by atoms with E-state index in [1.165, 1.54) is 4.88 Å². The number of hydrogen-bond acceptors (Lipinski definition) is 6. The van der Waals surface area contributed by atoms with Crippen LogP contribution in [0.15, 0.2) is 30.0 Å². The maximum absolute atomic E-state index is 6.12. The topological polar surface area (TPSA) is 47.5 Å². The average molecular weight is 345 g/mol. The predicted octanol–water partition coefficient (Wildman–Crippen LogP) is 2.80. The number of thiazole rings is 1.